The van der Waals surface area contributed by atoms with Crippen LogP contribution < -0.4 is 11.1 Å². The summed E-state index contributed by atoms with van der Waals surface area (Å²) in [5, 5.41) is 11.2. The molecular formula is C13H17BrN2O3. The molecule has 6 heteroatoms. The van der Waals surface area contributed by atoms with Gasteiger partial charge in [-0.15, -0.1) is 0 Å². The highest BCUT2D eigenvalue weighted by atomic mass is 79.9. The van der Waals surface area contributed by atoms with Gasteiger partial charge in [0.25, 0.3) is 0 Å². The summed E-state index contributed by atoms with van der Waals surface area (Å²) in [6.45, 7) is 2.43. The van der Waals surface area contributed by atoms with Crippen molar-refractivity contribution >= 4 is 27.8 Å². The lowest BCUT2D eigenvalue weighted by Gasteiger charge is -2.11. The smallest absolute Gasteiger partial charge is 0.305 e. The van der Waals surface area contributed by atoms with Crippen molar-refractivity contribution in [1.29, 1.82) is 0 Å². The second-order valence-electron chi connectivity index (χ2n) is 4.32. The quantitative estimate of drug-likeness (QED) is 0.732. The van der Waals surface area contributed by atoms with Crippen LogP contribution in [-0.4, -0.2) is 29.6 Å². The number of halogens is 1. The molecule has 0 spiro atoms. The predicted octanol–water partition coefficient (Wildman–Crippen LogP) is 1.22. The van der Waals surface area contributed by atoms with Crippen LogP contribution in [0.2, 0.25) is 0 Å². The number of carboxylic acids is 1. The molecule has 0 saturated carbocycles. The highest BCUT2D eigenvalue weighted by Gasteiger charge is 2.16. The molecule has 104 valence electrons. The van der Waals surface area contributed by atoms with Crippen molar-refractivity contribution in [3.05, 3.63) is 33.8 Å². The third-order valence-electron chi connectivity index (χ3n) is 2.74. The Morgan fingerprint density at radius 2 is 2.16 bits per heavy atom. The molecule has 1 aromatic rings. The summed E-state index contributed by atoms with van der Waals surface area (Å²) in [5.41, 5.74) is 7.72. The Labute approximate surface area is 120 Å². The molecule has 5 nitrogen and oxygen atoms in total. The fraction of sp³-hybridized carbons (Fsp3) is 0.385. The van der Waals surface area contributed by atoms with Gasteiger partial charge in [-0.3, -0.25) is 9.59 Å². The van der Waals surface area contributed by atoms with Crippen molar-refractivity contribution in [2.45, 2.75) is 25.8 Å². The molecule has 1 amide bonds. The number of aliphatic carboxylic acids is 1. The van der Waals surface area contributed by atoms with Crippen molar-refractivity contribution < 1.29 is 14.7 Å². The number of carbonyl (C=O) groups is 2. The third kappa shape index (κ3) is 5.40. The maximum Gasteiger partial charge on any atom is 0.305 e. The van der Waals surface area contributed by atoms with E-state index < -0.39 is 17.9 Å². The number of nitrogens with one attached hydrogen (secondary N) is 1. The van der Waals surface area contributed by atoms with Crippen LogP contribution in [0, 0.1) is 6.92 Å². The van der Waals surface area contributed by atoms with Crippen LogP contribution in [0.15, 0.2) is 22.7 Å². The standard InChI is InChI=1S/C13H17BrN2O3/c1-8-2-3-10(14)6-9(8)4-5-16-13(19)11(15)7-12(17)18/h2-3,6,11H,4-5,7,15H2,1H3,(H,16,19)(H,17,18). The number of amides is 1. The molecule has 0 fully saturated rings. The largest absolute Gasteiger partial charge is 0.481 e. The van der Waals surface area contributed by atoms with Crippen LogP contribution in [0.5, 0.6) is 0 Å². The molecule has 0 heterocycles. The highest BCUT2D eigenvalue weighted by Crippen LogP contribution is 2.16. The SMILES string of the molecule is Cc1ccc(Br)cc1CCNC(=O)C(N)CC(=O)O. The van der Waals surface area contributed by atoms with E-state index in [9.17, 15) is 9.59 Å². The second kappa shape index (κ2) is 7.25. The zero-order valence-electron chi connectivity index (χ0n) is 10.6. The lowest BCUT2D eigenvalue weighted by Crippen LogP contribution is -2.42. The first kappa shape index (κ1) is 15.7. The molecule has 0 saturated heterocycles. The average molecular weight is 329 g/mol. The maximum atomic E-state index is 11.5. The van der Waals surface area contributed by atoms with Crippen LogP contribution in [-0.2, 0) is 16.0 Å². The fourth-order valence-corrected chi connectivity index (χ4v) is 2.05. The predicted molar refractivity (Wildman–Crippen MR) is 75.8 cm³/mol. The maximum absolute atomic E-state index is 11.5. The first-order valence-corrected chi connectivity index (χ1v) is 6.69. The van der Waals surface area contributed by atoms with E-state index in [4.69, 9.17) is 10.8 Å². The van der Waals surface area contributed by atoms with E-state index in [1.807, 2.05) is 25.1 Å². The lowest BCUT2D eigenvalue weighted by molar-refractivity contribution is -0.139. The summed E-state index contributed by atoms with van der Waals surface area (Å²) >= 11 is 3.39. The minimum atomic E-state index is -1.08. The van der Waals surface area contributed by atoms with E-state index in [2.05, 4.69) is 21.2 Å². The van der Waals surface area contributed by atoms with Crippen LogP contribution in [0.25, 0.3) is 0 Å². The summed E-state index contributed by atoms with van der Waals surface area (Å²) in [4.78, 5) is 21.9. The molecule has 19 heavy (non-hydrogen) atoms. The van der Waals surface area contributed by atoms with Crippen molar-refractivity contribution in [3.63, 3.8) is 0 Å². The van der Waals surface area contributed by atoms with Gasteiger partial charge in [-0.25, -0.2) is 0 Å². The van der Waals surface area contributed by atoms with Crippen LogP contribution >= 0.6 is 15.9 Å². The molecular weight excluding hydrogens is 312 g/mol. The Hall–Kier alpha value is -1.40. The Morgan fingerprint density at radius 1 is 1.47 bits per heavy atom. The minimum absolute atomic E-state index is 0.359. The van der Waals surface area contributed by atoms with Gasteiger partial charge in [0, 0.05) is 11.0 Å². The Bertz CT molecular complexity index is 477. The number of benzene rings is 1. The van der Waals surface area contributed by atoms with Crippen molar-refractivity contribution in [1.82, 2.24) is 5.32 Å². The zero-order valence-corrected chi connectivity index (χ0v) is 12.2. The van der Waals surface area contributed by atoms with Gasteiger partial charge in [-0.2, -0.15) is 0 Å². The van der Waals surface area contributed by atoms with Gasteiger partial charge in [0.05, 0.1) is 12.5 Å². The van der Waals surface area contributed by atoms with E-state index in [0.29, 0.717) is 13.0 Å². The van der Waals surface area contributed by atoms with E-state index in [-0.39, 0.29) is 6.42 Å². The van der Waals surface area contributed by atoms with Crippen molar-refractivity contribution in [2.24, 2.45) is 5.73 Å². The Balaban J connectivity index is 2.43. The van der Waals surface area contributed by atoms with Gasteiger partial charge in [0.2, 0.25) is 5.91 Å². The summed E-state index contributed by atoms with van der Waals surface area (Å²) < 4.78 is 0.988. The van der Waals surface area contributed by atoms with Gasteiger partial charge in [0.1, 0.15) is 0 Å². The fourth-order valence-electron chi connectivity index (χ4n) is 1.64. The van der Waals surface area contributed by atoms with Crippen LogP contribution in [0.3, 0.4) is 0 Å². The number of nitrogens with two attached hydrogens (primary N) is 1. The van der Waals surface area contributed by atoms with Gasteiger partial charge in [-0.1, -0.05) is 22.0 Å². The monoisotopic (exact) mass is 328 g/mol. The number of rotatable bonds is 6. The summed E-state index contributed by atoms with van der Waals surface area (Å²) in [5.74, 6) is -1.51. The molecule has 4 N–H and O–H groups in total. The van der Waals surface area contributed by atoms with E-state index in [1.54, 1.807) is 0 Å². The topological polar surface area (TPSA) is 92.4 Å². The summed E-state index contributed by atoms with van der Waals surface area (Å²) in [6.07, 6.45) is 0.318. The van der Waals surface area contributed by atoms with Gasteiger partial charge in [-0.05, 0) is 36.6 Å². The van der Waals surface area contributed by atoms with Gasteiger partial charge in [0.15, 0.2) is 0 Å². The molecule has 1 atom stereocenters. The normalized spacial score (nSPS) is 11.9. The van der Waals surface area contributed by atoms with Gasteiger partial charge >= 0.3 is 5.97 Å². The average Bonchev–Trinajstić information content (AvgIpc) is 2.32. The molecule has 0 bridgehead atoms. The minimum Gasteiger partial charge on any atom is -0.481 e. The van der Waals surface area contributed by atoms with Crippen molar-refractivity contribution in [3.8, 4) is 0 Å². The molecule has 1 rings (SSSR count). The third-order valence-corrected chi connectivity index (χ3v) is 3.23. The molecule has 0 aromatic heterocycles. The Kier molecular flexibility index (Phi) is 5.98. The van der Waals surface area contributed by atoms with Crippen LogP contribution in [0.1, 0.15) is 17.5 Å². The molecule has 0 radical (unpaired) electrons. The Morgan fingerprint density at radius 3 is 2.79 bits per heavy atom. The highest BCUT2D eigenvalue weighted by molar-refractivity contribution is 9.10. The summed E-state index contributed by atoms with van der Waals surface area (Å²) in [6, 6.07) is 4.96. The van der Waals surface area contributed by atoms with E-state index >= 15 is 0 Å². The van der Waals surface area contributed by atoms with E-state index in [1.165, 1.54) is 0 Å². The molecule has 1 aromatic carbocycles. The molecule has 0 aliphatic carbocycles. The van der Waals surface area contributed by atoms with Crippen molar-refractivity contribution in [2.75, 3.05) is 6.54 Å². The molecule has 0 aliphatic rings. The first-order valence-electron chi connectivity index (χ1n) is 5.90. The number of hydrogen-bond donors (Lipinski definition) is 3. The number of carbonyl (C=O) groups excluding carboxylic acids is 1. The zero-order chi connectivity index (χ0) is 14.4. The number of hydrogen-bond acceptors (Lipinski definition) is 3. The first-order chi connectivity index (χ1) is 8.90. The van der Waals surface area contributed by atoms with Gasteiger partial charge < -0.3 is 16.2 Å². The molecule has 1 unspecified atom stereocenters. The van der Waals surface area contributed by atoms with Crippen LogP contribution in [0.4, 0.5) is 0 Å². The lowest BCUT2D eigenvalue weighted by atomic mass is 10.1. The summed E-state index contributed by atoms with van der Waals surface area (Å²) in [7, 11) is 0. The second-order valence-corrected chi connectivity index (χ2v) is 5.23. The molecule has 0 aliphatic heterocycles. The van der Waals surface area contributed by atoms with E-state index in [0.717, 1.165) is 15.6 Å². The number of aryl methyl sites for hydroxylation is 1. The number of carboxylic acid groups (broad SMARTS) is 1.